The molecule has 0 aliphatic rings. The predicted octanol–water partition coefficient (Wildman–Crippen LogP) is 7.92. The molecule has 0 nitrogen and oxygen atoms in total. The Bertz CT molecular complexity index is 709. The molecule has 158 valence electrons. The van der Waals surface area contributed by atoms with Gasteiger partial charge in [0.25, 0.3) is 0 Å². The average Bonchev–Trinajstić information content (AvgIpc) is 2.78. The minimum atomic E-state index is 0.255. The molecule has 0 bridgehead atoms. The molecule has 3 aromatic carbocycles. The number of hydrogen-bond acceptors (Lipinski definition) is 0. The molecule has 0 fully saturated rings. The molecule has 0 aliphatic carbocycles. The molecule has 0 N–H and O–H groups in total. The maximum absolute atomic E-state index is 2.86. The third kappa shape index (κ3) is 7.73. The standard InChI is InChI=1S/C29H37P/c30-22-14-3-1-2-13-21-29(23-26-15-7-4-8-16-26,24-27-17-9-5-10-18-27)25-28-19-11-6-12-20-28/h4-12,15-20H,1-3,13-14,21-25,30H2. The zero-order valence-electron chi connectivity index (χ0n) is 18.3. The van der Waals surface area contributed by atoms with Gasteiger partial charge in [-0.3, -0.25) is 0 Å². The lowest BCUT2D eigenvalue weighted by Gasteiger charge is -2.35. The van der Waals surface area contributed by atoms with E-state index in [1.165, 1.54) is 61.4 Å². The normalized spacial score (nSPS) is 11.5. The van der Waals surface area contributed by atoms with Crippen molar-refractivity contribution in [1.29, 1.82) is 0 Å². The van der Waals surface area contributed by atoms with Crippen molar-refractivity contribution in [3.63, 3.8) is 0 Å². The summed E-state index contributed by atoms with van der Waals surface area (Å²) in [6.07, 6.45) is 12.7. The van der Waals surface area contributed by atoms with Gasteiger partial charge in [-0.2, -0.15) is 0 Å². The molecule has 1 atom stereocenters. The van der Waals surface area contributed by atoms with E-state index in [4.69, 9.17) is 0 Å². The Labute approximate surface area is 186 Å². The molecule has 0 radical (unpaired) electrons. The molecule has 1 heteroatoms. The molecule has 0 spiro atoms. The molecule has 3 aromatic rings. The summed E-state index contributed by atoms with van der Waals surface area (Å²) < 4.78 is 0. The number of unbranched alkanes of at least 4 members (excludes halogenated alkanes) is 4. The Hall–Kier alpha value is -1.91. The lowest BCUT2D eigenvalue weighted by molar-refractivity contribution is 0.243. The first-order valence-electron chi connectivity index (χ1n) is 11.6. The summed E-state index contributed by atoms with van der Waals surface area (Å²) in [6.45, 7) is 0. The molecule has 1 unspecified atom stereocenters. The van der Waals surface area contributed by atoms with Gasteiger partial charge in [0.15, 0.2) is 0 Å². The van der Waals surface area contributed by atoms with Crippen molar-refractivity contribution in [3.05, 3.63) is 108 Å². The SMILES string of the molecule is PCCCCCCCC(Cc1ccccc1)(Cc1ccccc1)Cc1ccccc1. The molecular formula is C29H37P. The highest BCUT2D eigenvalue weighted by atomic mass is 31.0. The zero-order valence-corrected chi connectivity index (χ0v) is 19.5. The van der Waals surface area contributed by atoms with Crippen LogP contribution in [-0.4, -0.2) is 6.16 Å². The van der Waals surface area contributed by atoms with Crippen LogP contribution in [0.1, 0.15) is 55.2 Å². The van der Waals surface area contributed by atoms with Crippen molar-refractivity contribution in [3.8, 4) is 0 Å². The van der Waals surface area contributed by atoms with E-state index < -0.39 is 0 Å². The topological polar surface area (TPSA) is 0 Å². The average molecular weight is 417 g/mol. The first-order chi connectivity index (χ1) is 14.8. The first kappa shape index (κ1) is 22.8. The lowest BCUT2D eigenvalue weighted by Crippen LogP contribution is -2.30. The van der Waals surface area contributed by atoms with Gasteiger partial charge in [0, 0.05) is 0 Å². The second-order valence-electron chi connectivity index (χ2n) is 8.79. The Kier molecular flexibility index (Phi) is 9.65. The summed E-state index contributed by atoms with van der Waals surface area (Å²) in [4.78, 5) is 0. The van der Waals surface area contributed by atoms with Crippen LogP contribution in [0.2, 0.25) is 0 Å². The quantitative estimate of drug-likeness (QED) is 0.196. The van der Waals surface area contributed by atoms with Gasteiger partial charge in [-0.15, -0.1) is 9.24 Å². The predicted molar refractivity (Wildman–Crippen MR) is 135 cm³/mol. The summed E-state index contributed by atoms with van der Waals surface area (Å²) in [5, 5.41) is 0. The van der Waals surface area contributed by atoms with E-state index in [2.05, 4.69) is 100 Å². The molecular weight excluding hydrogens is 379 g/mol. The summed E-state index contributed by atoms with van der Waals surface area (Å²) in [6, 6.07) is 33.4. The molecule has 0 amide bonds. The number of rotatable bonds is 13. The lowest BCUT2D eigenvalue weighted by atomic mass is 9.69. The molecule has 0 heterocycles. The molecule has 30 heavy (non-hydrogen) atoms. The summed E-state index contributed by atoms with van der Waals surface area (Å²) in [7, 11) is 2.86. The van der Waals surface area contributed by atoms with Crippen LogP contribution < -0.4 is 0 Å². The van der Waals surface area contributed by atoms with Crippen molar-refractivity contribution in [2.45, 2.75) is 57.8 Å². The van der Waals surface area contributed by atoms with Gasteiger partial charge in [-0.25, -0.2) is 0 Å². The van der Waals surface area contributed by atoms with E-state index in [0.717, 1.165) is 19.3 Å². The van der Waals surface area contributed by atoms with Crippen LogP contribution >= 0.6 is 9.24 Å². The van der Waals surface area contributed by atoms with Gasteiger partial charge >= 0.3 is 0 Å². The Morgan fingerprint density at radius 3 is 1.23 bits per heavy atom. The van der Waals surface area contributed by atoms with Crippen molar-refractivity contribution >= 4 is 9.24 Å². The Morgan fingerprint density at radius 2 is 0.833 bits per heavy atom. The van der Waals surface area contributed by atoms with Crippen LogP contribution in [0.5, 0.6) is 0 Å². The van der Waals surface area contributed by atoms with Gasteiger partial charge in [0.1, 0.15) is 0 Å². The number of hydrogen-bond donors (Lipinski definition) is 0. The van der Waals surface area contributed by atoms with Gasteiger partial charge in [-0.1, -0.05) is 117 Å². The molecule has 0 saturated heterocycles. The van der Waals surface area contributed by atoms with Crippen LogP contribution in [0.15, 0.2) is 91.0 Å². The Morgan fingerprint density at radius 1 is 0.467 bits per heavy atom. The third-order valence-corrected chi connectivity index (χ3v) is 6.59. The fraction of sp³-hybridized carbons (Fsp3) is 0.379. The first-order valence-corrected chi connectivity index (χ1v) is 12.4. The monoisotopic (exact) mass is 416 g/mol. The highest BCUT2D eigenvalue weighted by Gasteiger charge is 2.30. The van der Waals surface area contributed by atoms with E-state index in [-0.39, 0.29) is 5.41 Å². The fourth-order valence-electron chi connectivity index (χ4n) is 4.71. The van der Waals surface area contributed by atoms with Gasteiger partial charge in [-0.05, 0) is 60.4 Å². The smallest absolute Gasteiger partial charge is 0.0176 e. The molecule has 0 saturated carbocycles. The van der Waals surface area contributed by atoms with Crippen molar-refractivity contribution in [2.24, 2.45) is 5.41 Å². The minimum Gasteiger partial charge on any atom is -0.138 e. The van der Waals surface area contributed by atoms with E-state index in [1.807, 2.05) is 0 Å². The largest absolute Gasteiger partial charge is 0.138 e. The maximum Gasteiger partial charge on any atom is -0.0176 e. The van der Waals surface area contributed by atoms with E-state index in [0.29, 0.717) is 0 Å². The summed E-state index contributed by atoms with van der Waals surface area (Å²) in [5.74, 6) is 0. The van der Waals surface area contributed by atoms with Crippen LogP contribution in [0.3, 0.4) is 0 Å². The minimum absolute atomic E-state index is 0.255. The highest BCUT2D eigenvalue weighted by molar-refractivity contribution is 7.16. The Balaban J connectivity index is 1.82. The van der Waals surface area contributed by atoms with Gasteiger partial charge in [0.05, 0.1) is 0 Å². The molecule has 0 aromatic heterocycles. The molecule has 3 rings (SSSR count). The van der Waals surface area contributed by atoms with Crippen molar-refractivity contribution in [2.75, 3.05) is 6.16 Å². The van der Waals surface area contributed by atoms with E-state index >= 15 is 0 Å². The number of benzene rings is 3. The van der Waals surface area contributed by atoms with Crippen LogP contribution in [0, 0.1) is 5.41 Å². The summed E-state index contributed by atoms with van der Waals surface area (Å²) in [5.41, 5.74) is 4.65. The van der Waals surface area contributed by atoms with Crippen LogP contribution in [0.4, 0.5) is 0 Å². The zero-order chi connectivity index (χ0) is 20.9. The summed E-state index contributed by atoms with van der Waals surface area (Å²) >= 11 is 0. The fourth-order valence-corrected chi connectivity index (χ4v) is 5.00. The maximum atomic E-state index is 2.86. The van der Waals surface area contributed by atoms with Crippen LogP contribution in [-0.2, 0) is 19.3 Å². The second kappa shape index (κ2) is 12.7. The highest BCUT2D eigenvalue weighted by Crippen LogP contribution is 2.37. The van der Waals surface area contributed by atoms with Crippen LogP contribution in [0.25, 0.3) is 0 Å². The van der Waals surface area contributed by atoms with Gasteiger partial charge in [0.2, 0.25) is 0 Å². The van der Waals surface area contributed by atoms with Gasteiger partial charge < -0.3 is 0 Å². The second-order valence-corrected chi connectivity index (χ2v) is 9.37. The van der Waals surface area contributed by atoms with Crippen molar-refractivity contribution < 1.29 is 0 Å². The molecule has 0 aliphatic heterocycles. The van der Waals surface area contributed by atoms with E-state index in [1.54, 1.807) is 0 Å². The third-order valence-electron chi connectivity index (χ3n) is 6.18. The van der Waals surface area contributed by atoms with E-state index in [9.17, 15) is 0 Å². The van der Waals surface area contributed by atoms with Crippen molar-refractivity contribution in [1.82, 2.24) is 0 Å².